The zero-order chi connectivity index (χ0) is 24.0. The van der Waals surface area contributed by atoms with E-state index in [1.54, 1.807) is 30.3 Å². The van der Waals surface area contributed by atoms with E-state index >= 15 is 0 Å². The molecule has 172 valence electrons. The Bertz CT molecular complexity index is 1180. The molecule has 0 bridgehead atoms. The minimum atomic E-state index is -0.385. The number of rotatable bonds is 9. The summed E-state index contributed by atoms with van der Waals surface area (Å²) in [5.41, 5.74) is 3.11. The summed E-state index contributed by atoms with van der Waals surface area (Å²) in [6, 6.07) is 12.3. The monoisotopic (exact) mass is 483 g/mol. The Morgan fingerprint density at radius 2 is 1.94 bits per heavy atom. The van der Waals surface area contributed by atoms with E-state index in [-0.39, 0.29) is 23.6 Å². The Kier molecular flexibility index (Phi) is 8.30. The topological polar surface area (TPSA) is 88.9 Å². The summed E-state index contributed by atoms with van der Waals surface area (Å²) in [6.07, 6.45) is 1.73. The normalized spacial score (nSPS) is 11.6. The second-order valence-electron chi connectivity index (χ2n) is 7.55. The minimum absolute atomic E-state index is 0.154. The Balaban J connectivity index is 1.68. The molecule has 0 unspecified atom stereocenters. The van der Waals surface area contributed by atoms with Gasteiger partial charge in [0, 0.05) is 22.8 Å². The molecule has 0 spiro atoms. The van der Waals surface area contributed by atoms with Crippen molar-refractivity contribution in [3.05, 3.63) is 82.7 Å². The molecule has 9 heteroatoms. The second-order valence-corrected chi connectivity index (χ2v) is 8.93. The van der Waals surface area contributed by atoms with Gasteiger partial charge in [0.15, 0.2) is 11.0 Å². The molecule has 2 aromatic carbocycles. The molecular weight excluding hydrogens is 458 g/mol. The molecule has 1 aromatic heterocycles. The highest BCUT2D eigenvalue weighted by molar-refractivity contribution is 7.99. The maximum Gasteiger partial charge on any atom is 0.252 e. The number of amides is 2. The predicted octanol–water partition coefficient (Wildman–Crippen LogP) is 4.96. The van der Waals surface area contributed by atoms with E-state index in [1.165, 1.54) is 11.8 Å². The summed E-state index contributed by atoms with van der Waals surface area (Å²) in [4.78, 5) is 25.2. The van der Waals surface area contributed by atoms with Gasteiger partial charge in [-0.1, -0.05) is 47.6 Å². The van der Waals surface area contributed by atoms with E-state index < -0.39 is 0 Å². The molecule has 0 aliphatic rings. The highest BCUT2D eigenvalue weighted by Crippen LogP contribution is 2.23. The summed E-state index contributed by atoms with van der Waals surface area (Å²) >= 11 is 7.24. The van der Waals surface area contributed by atoms with E-state index in [1.807, 2.05) is 43.5 Å². The van der Waals surface area contributed by atoms with Crippen LogP contribution in [0.25, 0.3) is 0 Å². The van der Waals surface area contributed by atoms with Crippen LogP contribution in [0.2, 0.25) is 5.02 Å². The molecule has 0 saturated heterocycles. The van der Waals surface area contributed by atoms with Crippen LogP contribution in [0.1, 0.15) is 40.3 Å². The number of benzene rings is 2. The van der Waals surface area contributed by atoms with Gasteiger partial charge in [-0.2, -0.15) is 0 Å². The lowest BCUT2D eigenvalue weighted by Crippen LogP contribution is -2.29. The number of aryl methyl sites for hydroxylation is 2. The summed E-state index contributed by atoms with van der Waals surface area (Å²) in [5.74, 6) is 0.399. The van der Waals surface area contributed by atoms with Gasteiger partial charge in [0.05, 0.1) is 11.8 Å². The number of nitrogens with zero attached hydrogens (tertiary/aromatic N) is 3. The Hall–Kier alpha value is -3.10. The SMILES string of the molecule is C=CCn1c(SCC(=O)Nc2ccc(Cl)cc2C)nnc1[C@@H](C)NC(=O)c1ccccc1C. The summed E-state index contributed by atoms with van der Waals surface area (Å²) < 4.78 is 1.85. The van der Waals surface area contributed by atoms with E-state index in [4.69, 9.17) is 11.6 Å². The maximum atomic E-state index is 12.7. The third-order valence-corrected chi connectivity index (χ3v) is 6.18. The van der Waals surface area contributed by atoms with Gasteiger partial charge in [0.1, 0.15) is 0 Å². The zero-order valence-electron chi connectivity index (χ0n) is 18.8. The standard InChI is InChI=1S/C24H26ClN5O2S/c1-5-12-30-22(17(4)26-23(32)19-9-7-6-8-15(19)2)28-29-24(30)33-14-21(31)27-20-11-10-18(25)13-16(20)3/h5-11,13,17H,1,12,14H2,2-4H3,(H,26,32)(H,27,31)/t17-/m1/s1. The molecule has 0 radical (unpaired) electrons. The Labute approximate surface area is 202 Å². The number of hydrogen-bond acceptors (Lipinski definition) is 5. The number of hydrogen-bond donors (Lipinski definition) is 2. The number of anilines is 1. The molecule has 33 heavy (non-hydrogen) atoms. The van der Waals surface area contributed by atoms with Gasteiger partial charge in [-0.15, -0.1) is 16.8 Å². The molecule has 2 amide bonds. The molecule has 3 rings (SSSR count). The molecule has 1 heterocycles. The van der Waals surface area contributed by atoms with Crippen molar-refractivity contribution >= 4 is 40.9 Å². The Morgan fingerprint density at radius 3 is 2.64 bits per heavy atom. The van der Waals surface area contributed by atoms with Crippen LogP contribution in [0.5, 0.6) is 0 Å². The summed E-state index contributed by atoms with van der Waals surface area (Å²) in [6.45, 7) is 9.88. The van der Waals surface area contributed by atoms with Crippen molar-refractivity contribution in [2.75, 3.05) is 11.1 Å². The fraction of sp³-hybridized carbons (Fsp3) is 0.250. The van der Waals surface area contributed by atoms with Crippen molar-refractivity contribution < 1.29 is 9.59 Å². The minimum Gasteiger partial charge on any atom is -0.342 e. The number of aromatic nitrogens is 3. The first-order valence-electron chi connectivity index (χ1n) is 10.4. The number of carbonyl (C=O) groups excluding carboxylic acids is 2. The number of nitrogens with one attached hydrogen (secondary N) is 2. The van der Waals surface area contributed by atoms with Crippen LogP contribution in [-0.4, -0.2) is 32.3 Å². The van der Waals surface area contributed by atoms with Gasteiger partial charge in [-0.05, 0) is 56.2 Å². The molecule has 1 atom stereocenters. The third kappa shape index (κ3) is 6.24. The van der Waals surface area contributed by atoms with Crippen molar-refractivity contribution in [3.8, 4) is 0 Å². The van der Waals surface area contributed by atoms with Crippen LogP contribution in [0, 0.1) is 13.8 Å². The zero-order valence-corrected chi connectivity index (χ0v) is 20.3. The quantitative estimate of drug-likeness (QED) is 0.332. The molecule has 0 aliphatic carbocycles. The average Bonchev–Trinajstić information content (AvgIpc) is 3.17. The van der Waals surface area contributed by atoms with Crippen molar-refractivity contribution in [2.24, 2.45) is 0 Å². The van der Waals surface area contributed by atoms with Gasteiger partial charge in [-0.3, -0.25) is 9.59 Å². The summed E-state index contributed by atoms with van der Waals surface area (Å²) in [7, 11) is 0. The predicted molar refractivity (Wildman–Crippen MR) is 133 cm³/mol. The third-order valence-electron chi connectivity index (χ3n) is 4.98. The maximum absolute atomic E-state index is 12.7. The lowest BCUT2D eigenvalue weighted by atomic mass is 10.1. The van der Waals surface area contributed by atoms with E-state index in [9.17, 15) is 9.59 Å². The van der Waals surface area contributed by atoms with Crippen LogP contribution >= 0.6 is 23.4 Å². The largest absolute Gasteiger partial charge is 0.342 e. The van der Waals surface area contributed by atoms with Gasteiger partial charge in [0.2, 0.25) is 5.91 Å². The first kappa shape index (κ1) is 24.5. The van der Waals surface area contributed by atoms with Gasteiger partial charge >= 0.3 is 0 Å². The fourth-order valence-corrected chi connectivity index (χ4v) is 4.26. The van der Waals surface area contributed by atoms with Crippen LogP contribution in [0.3, 0.4) is 0 Å². The van der Waals surface area contributed by atoms with Crippen LogP contribution in [-0.2, 0) is 11.3 Å². The van der Waals surface area contributed by atoms with Crippen LogP contribution in [0.4, 0.5) is 5.69 Å². The van der Waals surface area contributed by atoms with Crippen molar-refractivity contribution in [3.63, 3.8) is 0 Å². The number of thioether (sulfide) groups is 1. The van der Waals surface area contributed by atoms with Crippen LogP contribution < -0.4 is 10.6 Å². The Morgan fingerprint density at radius 1 is 1.18 bits per heavy atom. The first-order chi connectivity index (χ1) is 15.8. The molecule has 0 aliphatic heterocycles. The molecule has 7 nitrogen and oxygen atoms in total. The number of halogens is 1. The number of allylic oxidation sites excluding steroid dienone is 1. The van der Waals surface area contributed by atoms with Gasteiger partial charge < -0.3 is 15.2 Å². The molecule has 2 N–H and O–H groups in total. The summed E-state index contributed by atoms with van der Waals surface area (Å²) in [5, 5.41) is 15.6. The van der Waals surface area contributed by atoms with Crippen molar-refractivity contribution in [1.82, 2.24) is 20.1 Å². The van der Waals surface area contributed by atoms with Gasteiger partial charge in [-0.25, -0.2) is 0 Å². The molecular formula is C24H26ClN5O2S. The van der Waals surface area contributed by atoms with E-state index in [0.717, 1.165) is 11.1 Å². The molecule has 0 fully saturated rings. The van der Waals surface area contributed by atoms with Crippen LogP contribution in [0.15, 0.2) is 60.3 Å². The van der Waals surface area contributed by atoms with Gasteiger partial charge in [0.25, 0.3) is 5.91 Å². The first-order valence-corrected chi connectivity index (χ1v) is 11.8. The highest BCUT2D eigenvalue weighted by atomic mass is 35.5. The number of carbonyl (C=O) groups is 2. The smallest absolute Gasteiger partial charge is 0.252 e. The fourth-order valence-electron chi connectivity index (χ4n) is 3.28. The van der Waals surface area contributed by atoms with Crippen molar-refractivity contribution in [2.45, 2.75) is 38.5 Å². The van der Waals surface area contributed by atoms with E-state index in [2.05, 4.69) is 27.4 Å². The van der Waals surface area contributed by atoms with E-state index in [0.29, 0.717) is 33.8 Å². The van der Waals surface area contributed by atoms with Crippen molar-refractivity contribution in [1.29, 1.82) is 0 Å². The lowest BCUT2D eigenvalue weighted by Gasteiger charge is -2.16. The lowest BCUT2D eigenvalue weighted by molar-refractivity contribution is -0.113. The molecule has 0 saturated carbocycles. The second kappa shape index (κ2) is 11.2. The highest BCUT2D eigenvalue weighted by Gasteiger charge is 2.21. The molecule has 3 aromatic rings. The average molecular weight is 484 g/mol.